The van der Waals surface area contributed by atoms with Gasteiger partial charge in [0.25, 0.3) is 0 Å². The number of hydrogen-bond acceptors (Lipinski definition) is 7. The summed E-state index contributed by atoms with van der Waals surface area (Å²) in [5, 5.41) is 16.9. The summed E-state index contributed by atoms with van der Waals surface area (Å²) in [5.41, 5.74) is 1.03. The maximum Gasteiger partial charge on any atom is 0.353 e. The highest BCUT2D eigenvalue weighted by Crippen LogP contribution is 2.32. The Balaban J connectivity index is 2.31. The van der Waals surface area contributed by atoms with Crippen molar-refractivity contribution in [3.63, 3.8) is 0 Å². The molecule has 2 N–H and O–H groups in total. The van der Waals surface area contributed by atoms with Gasteiger partial charge >= 0.3 is 5.69 Å². The van der Waals surface area contributed by atoms with Gasteiger partial charge in [-0.25, -0.2) is 9.97 Å². The van der Waals surface area contributed by atoms with Crippen molar-refractivity contribution in [2.24, 2.45) is 0 Å². The molecule has 0 fully saturated rings. The van der Waals surface area contributed by atoms with E-state index in [0.29, 0.717) is 11.4 Å². The van der Waals surface area contributed by atoms with Crippen molar-refractivity contribution in [3.05, 3.63) is 40.7 Å². The van der Waals surface area contributed by atoms with Crippen LogP contribution in [-0.2, 0) is 4.79 Å². The Hall–Kier alpha value is -3.23. The van der Waals surface area contributed by atoms with Crippen LogP contribution in [-0.4, -0.2) is 34.9 Å². The molecule has 1 amide bonds. The first-order valence-electron chi connectivity index (χ1n) is 6.70. The van der Waals surface area contributed by atoms with E-state index in [2.05, 4.69) is 20.6 Å². The number of rotatable bonds is 5. The Morgan fingerprint density at radius 1 is 1.17 bits per heavy atom. The lowest BCUT2D eigenvalue weighted by molar-refractivity contribution is -0.383. The first kappa shape index (κ1) is 16.1. The van der Waals surface area contributed by atoms with Crippen LogP contribution < -0.4 is 15.5 Å². The summed E-state index contributed by atoms with van der Waals surface area (Å²) >= 11 is 0. The average molecular weight is 316 g/mol. The Labute approximate surface area is 132 Å². The van der Waals surface area contributed by atoms with Gasteiger partial charge in [-0.15, -0.1) is 0 Å². The zero-order valence-corrected chi connectivity index (χ0v) is 12.9. The van der Waals surface area contributed by atoms with Gasteiger partial charge in [-0.3, -0.25) is 14.9 Å². The van der Waals surface area contributed by atoms with E-state index in [1.165, 1.54) is 13.3 Å². The van der Waals surface area contributed by atoms with E-state index in [1.807, 2.05) is 0 Å². The van der Waals surface area contributed by atoms with Crippen molar-refractivity contribution in [2.75, 3.05) is 29.6 Å². The zero-order valence-electron chi connectivity index (χ0n) is 12.9. The summed E-state index contributed by atoms with van der Waals surface area (Å²) in [6, 6.07) is 6.74. The molecule has 1 aromatic carbocycles. The lowest BCUT2D eigenvalue weighted by Crippen LogP contribution is -2.14. The quantitative estimate of drug-likeness (QED) is 0.641. The standard InChI is InChI=1S/C14H16N6O3/c1-9(21)17-10-4-6-11(7-5-10)18-13-12(20(22)23)14(19(2)3)16-8-15-13/h4-8H,1-3H3,(H,17,21)(H,15,16,18). The topological polar surface area (TPSA) is 113 Å². The third-order valence-electron chi connectivity index (χ3n) is 2.88. The molecule has 9 heteroatoms. The molecule has 0 aliphatic rings. The molecular weight excluding hydrogens is 300 g/mol. The maximum absolute atomic E-state index is 11.3. The van der Waals surface area contributed by atoms with Crippen LogP contribution in [0.3, 0.4) is 0 Å². The highest BCUT2D eigenvalue weighted by molar-refractivity contribution is 5.89. The van der Waals surface area contributed by atoms with Crippen LogP contribution in [0.15, 0.2) is 30.6 Å². The number of carbonyl (C=O) groups is 1. The number of nitrogens with zero attached hydrogens (tertiary/aromatic N) is 4. The van der Waals surface area contributed by atoms with Gasteiger partial charge in [-0.1, -0.05) is 0 Å². The molecule has 2 rings (SSSR count). The minimum Gasteiger partial charge on any atom is -0.357 e. The molecule has 0 saturated carbocycles. The van der Waals surface area contributed by atoms with Crippen molar-refractivity contribution in [1.82, 2.24) is 9.97 Å². The summed E-state index contributed by atoms with van der Waals surface area (Å²) in [4.78, 5) is 31.2. The third kappa shape index (κ3) is 3.90. The molecule has 0 unspecified atom stereocenters. The van der Waals surface area contributed by atoms with Gasteiger partial charge in [-0.05, 0) is 24.3 Å². The number of nitro groups is 1. The molecule has 0 spiro atoms. The summed E-state index contributed by atoms with van der Waals surface area (Å²) < 4.78 is 0. The molecule has 2 aromatic rings. The molecule has 0 aliphatic heterocycles. The maximum atomic E-state index is 11.3. The highest BCUT2D eigenvalue weighted by atomic mass is 16.6. The first-order valence-corrected chi connectivity index (χ1v) is 6.70. The molecule has 0 aliphatic carbocycles. The van der Waals surface area contributed by atoms with Gasteiger partial charge < -0.3 is 15.5 Å². The predicted molar refractivity (Wildman–Crippen MR) is 87.0 cm³/mol. The summed E-state index contributed by atoms with van der Waals surface area (Å²) in [6.07, 6.45) is 1.26. The Morgan fingerprint density at radius 2 is 1.78 bits per heavy atom. The van der Waals surface area contributed by atoms with Crippen LogP contribution >= 0.6 is 0 Å². The molecule has 0 atom stereocenters. The normalized spacial score (nSPS) is 10.0. The van der Waals surface area contributed by atoms with E-state index < -0.39 is 4.92 Å². The van der Waals surface area contributed by atoms with Gasteiger partial charge in [-0.2, -0.15) is 0 Å². The molecule has 0 bridgehead atoms. The fourth-order valence-corrected chi connectivity index (χ4v) is 1.93. The van der Waals surface area contributed by atoms with E-state index in [4.69, 9.17) is 0 Å². The van der Waals surface area contributed by atoms with E-state index in [1.54, 1.807) is 43.3 Å². The van der Waals surface area contributed by atoms with Gasteiger partial charge in [0.2, 0.25) is 17.5 Å². The first-order chi connectivity index (χ1) is 10.9. The largest absolute Gasteiger partial charge is 0.357 e. The van der Waals surface area contributed by atoms with Gasteiger partial charge in [0, 0.05) is 32.4 Å². The molecule has 0 saturated heterocycles. The summed E-state index contributed by atoms with van der Waals surface area (Å²) in [6.45, 7) is 1.42. The second kappa shape index (κ2) is 6.69. The molecule has 0 radical (unpaired) electrons. The van der Waals surface area contributed by atoms with Crippen molar-refractivity contribution in [2.45, 2.75) is 6.92 Å². The zero-order chi connectivity index (χ0) is 17.0. The van der Waals surface area contributed by atoms with Crippen LogP contribution in [0, 0.1) is 10.1 Å². The van der Waals surface area contributed by atoms with E-state index in [0.717, 1.165) is 0 Å². The van der Waals surface area contributed by atoms with Crippen LogP contribution in [0.2, 0.25) is 0 Å². The minimum atomic E-state index is -0.524. The van der Waals surface area contributed by atoms with Gasteiger partial charge in [0.1, 0.15) is 6.33 Å². The van der Waals surface area contributed by atoms with Crippen LogP contribution in [0.25, 0.3) is 0 Å². The fourth-order valence-electron chi connectivity index (χ4n) is 1.93. The monoisotopic (exact) mass is 316 g/mol. The number of anilines is 4. The van der Waals surface area contributed by atoms with Crippen molar-refractivity contribution >= 4 is 34.6 Å². The molecule has 1 heterocycles. The van der Waals surface area contributed by atoms with Crippen molar-refractivity contribution in [3.8, 4) is 0 Å². The number of benzene rings is 1. The smallest absolute Gasteiger partial charge is 0.353 e. The SMILES string of the molecule is CC(=O)Nc1ccc(Nc2ncnc(N(C)C)c2[N+](=O)[O-])cc1. The molecule has 23 heavy (non-hydrogen) atoms. The van der Waals surface area contributed by atoms with Gasteiger partial charge in [0.15, 0.2) is 0 Å². The summed E-state index contributed by atoms with van der Waals surface area (Å²) in [5.74, 6) is 0.135. The van der Waals surface area contributed by atoms with Crippen LogP contribution in [0.5, 0.6) is 0 Å². The van der Waals surface area contributed by atoms with Crippen LogP contribution in [0.4, 0.5) is 28.7 Å². The molecule has 9 nitrogen and oxygen atoms in total. The summed E-state index contributed by atoms with van der Waals surface area (Å²) in [7, 11) is 3.34. The second-order valence-electron chi connectivity index (χ2n) is 4.93. The third-order valence-corrected chi connectivity index (χ3v) is 2.88. The average Bonchev–Trinajstić information content (AvgIpc) is 2.48. The lowest BCUT2D eigenvalue weighted by Gasteiger charge is -2.13. The number of carbonyl (C=O) groups excluding carboxylic acids is 1. The predicted octanol–water partition coefficient (Wildman–Crippen LogP) is 2.15. The Morgan fingerprint density at radius 3 is 2.30 bits per heavy atom. The fraction of sp³-hybridized carbons (Fsp3) is 0.214. The Kier molecular flexibility index (Phi) is 4.69. The Bertz CT molecular complexity index is 730. The van der Waals surface area contributed by atoms with Crippen molar-refractivity contribution < 1.29 is 9.72 Å². The number of aromatic nitrogens is 2. The van der Waals surface area contributed by atoms with Gasteiger partial charge in [0.05, 0.1) is 4.92 Å². The second-order valence-corrected chi connectivity index (χ2v) is 4.93. The number of nitrogens with one attached hydrogen (secondary N) is 2. The highest BCUT2D eigenvalue weighted by Gasteiger charge is 2.24. The van der Waals surface area contributed by atoms with Crippen molar-refractivity contribution in [1.29, 1.82) is 0 Å². The minimum absolute atomic E-state index is 0.0981. The van der Waals surface area contributed by atoms with E-state index in [9.17, 15) is 14.9 Å². The molecule has 120 valence electrons. The molecular formula is C14H16N6O3. The molecule has 1 aromatic heterocycles. The van der Waals surface area contributed by atoms with E-state index >= 15 is 0 Å². The van der Waals surface area contributed by atoms with Crippen LogP contribution in [0.1, 0.15) is 6.92 Å². The van der Waals surface area contributed by atoms with E-state index in [-0.39, 0.29) is 23.2 Å². The number of amides is 1. The number of hydrogen-bond donors (Lipinski definition) is 2. The lowest BCUT2D eigenvalue weighted by atomic mass is 10.2.